The average Bonchev–Trinajstić information content (AvgIpc) is 2.53. The second-order valence-electron chi connectivity index (χ2n) is 6.12. The second-order valence-corrected chi connectivity index (χ2v) is 6.12. The van der Waals surface area contributed by atoms with E-state index in [4.69, 9.17) is 0 Å². The van der Waals surface area contributed by atoms with Gasteiger partial charge in [0.2, 0.25) is 0 Å². The molecule has 2 nitrogen and oxygen atoms in total. The summed E-state index contributed by atoms with van der Waals surface area (Å²) in [5, 5.41) is 0. The lowest BCUT2D eigenvalue weighted by molar-refractivity contribution is -0.123. The molecule has 0 bridgehead atoms. The van der Waals surface area contributed by atoms with Gasteiger partial charge in [-0.15, -0.1) is 0 Å². The molecular formula is C20H19NO. The molecule has 1 heterocycles. The van der Waals surface area contributed by atoms with Gasteiger partial charge in [0.05, 0.1) is 11.1 Å². The van der Waals surface area contributed by atoms with Crippen LogP contribution in [0.1, 0.15) is 31.9 Å². The lowest BCUT2D eigenvalue weighted by Crippen LogP contribution is -2.31. The summed E-state index contributed by atoms with van der Waals surface area (Å²) in [4.78, 5) is 17.0. The molecule has 0 atom stereocenters. The van der Waals surface area contributed by atoms with Gasteiger partial charge in [0.1, 0.15) is 0 Å². The van der Waals surface area contributed by atoms with Gasteiger partial charge in [-0.3, -0.25) is 4.79 Å². The van der Waals surface area contributed by atoms with Gasteiger partial charge in [-0.1, -0.05) is 60.7 Å². The fourth-order valence-corrected chi connectivity index (χ4v) is 3.08. The van der Waals surface area contributed by atoms with Crippen LogP contribution in [-0.2, 0) is 4.79 Å². The van der Waals surface area contributed by atoms with Crippen LogP contribution in [0, 0.1) is 5.41 Å². The zero-order chi connectivity index (χ0) is 15.7. The maximum absolute atomic E-state index is 12.6. The van der Waals surface area contributed by atoms with E-state index in [-0.39, 0.29) is 5.91 Å². The zero-order valence-electron chi connectivity index (χ0n) is 13.1. The Kier molecular flexibility index (Phi) is 3.53. The molecule has 22 heavy (non-hydrogen) atoms. The third kappa shape index (κ3) is 2.31. The van der Waals surface area contributed by atoms with Gasteiger partial charge in [-0.2, -0.15) is 0 Å². The summed E-state index contributed by atoms with van der Waals surface area (Å²) < 4.78 is 0. The van der Waals surface area contributed by atoms with Crippen molar-refractivity contribution in [2.24, 2.45) is 10.4 Å². The molecule has 0 saturated carbocycles. The molecule has 2 aromatic carbocycles. The smallest absolute Gasteiger partial charge is 0.256 e. The van der Waals surface area contributed by atoms with Crippen LogP contribution in [0.25, 0.3) is 5.57 Å². The minimum absolute atomic E-state index is 0.0872. The molecule has 0 unspecified atom stereocenters. The molecule has 0 saturated heterocycles. The molecule has 0 N–H and O–H groups in total. The first-order chi connectivity index (χ1) is 10.5. The molecule has 1 amide bonds. The second kappa shape index (κ2) is 5.38. The molecule has 1 aliphatic rings. The molecule has 2 heteroatoms. The highest BCUT2D eigenvalue weighted by atomic mass is 16.1. The molecule has 110 valence electrons. The van der Waals surface area contributed by atoms with Crippen LogP contribution in [0.2, 0.25) is 0 Å². The van der Waals surface area contributed by atoms with Gasteiger partial charge >= 0.3 is 0 Å². The third-order valence-electron chi connectivity index (χ3n) is 4.21. The van der Waals surface area contributed by atoms with Crippen LogP contribution >= 0.6 is 0 Å². The Bertz CT molecular complexity index is 768. The van der Waals surface area contributed by atoms with Crippen LogP contribution in [0.15, 0.2) is 71.2 Å². The van der Waals surface area contributed by atoms with Crippen molar-refractivity contribution in [3.8, 4) is 0 Å². The summed E-state index contributed by atoms with van der Waals surface area (Å²) >= 11 is 0. The Balaban J connectivity index is 2.23. The summed E-state index contributed by atoms with van der Waals surface area (Å²) in [6.45, 7) is 5.96. The summed E-state index contributed by atoms with van der Waals surface area (Å²) in [7, 11) is 0. The minimum Gasteiger partial charge on any atom is -0.272 e. The molecule has 0 aliphatic carbocycles. The lowest BCUT2D eigenvalue weighted by Gasteiger charge is -2.31. The minimum atomic E-state index is -0.607. The van der Waals surface area contributed by atoms with E-state index >= 15 is 0 Å². The van der Waals surface area contributed by atoms with E-state index in [2.05, 4.69) is 24.0 Å². The first kappa shape index (κ1) is 14.5. The molecule has 0 aromatic heterocycles. The van der Waals surface area contributed by atoms with E-state index in [9.17, 15) is 4.79 Å². The number of carbonyl (C=O) groups excluding carboxylic acids is 1. The number of aliphatic imine (C=N–C) groups is 1. The number of carbonyl (C=O) groups is 1. The number of benzene rings is 2. The SMILES string of the molecule is CC1=C(c2ccccc2)C(C)(C)C(=O)N=C1c1ccccc1. The normalized spacial score (nSPS) is 17.4. The van der Waals surface area contributed by atoms with Crippen LogP contribution in [-0.4, -0.2) is 11.6 Å². The number of amides is 1. The molecule has 1 aliphatic heterocycles. The Morgan fingerprint density at radius 3 is 1.86 bits per heavy atom. The van der Waals surface area contributed by atoms with E-state index < -0.39 is 5.41 Å². The Morgan fingerprint density at radius 1 is 0.818 bits per heavy atom. The highest BCUT2D eigenvalue weighted by Gasteiger charge is 2.38. The summed E-state index contributed by atoms with van der Waals surface area (Å²) in [5.74, 6) is -0.0872. The number of nitrogens with zero attached hydrogens (tertiary/aromatic N) is 1. The molecule has 2 aromatic rings. The van der Waals surface area contributed by atoms with Crippen molar-refractivity contribution in [1.29, 1.82) is 0 Å². The number of dihydropyridines is 1. The fourth-order valence-electron chi connectivity index (χ4n) is 3.08. The van der Waals surface area contributed by atoms with Crippen molar-refractivity contribution in [3.05, 3.63) is 77.4 Å². The predicted molar refractivity (Wildman–Crippen MR) is 90.8 cm³/mol. The van der Waals surface area contributed by atoms with Crippen molar-refractivity contribution in [2.45, 2.75) is 20.8 Å². The Morgan fingerprint density at radius 2 is 1.32 bits per heavy atom. The topological polar surface area (TPSA) is 29.4 Å². The number of allylic oxidation sites excluding steroid dienone is 1. The first-order valence-corrected chi connectivity index (χ1v) is 7.47. The number of rotatable bonds is 2. The fraction of sp³-hybridized carbons (Fsp3) is 0.200. The molecular weight excluding hydrogens is 270 g/mol. The zero-order valence-corrected chi connectivity index (χ0v) is 13.1. The van der Waals surface area contributed by atoms with Crippen molar-refractivity contribution < 1.29 is 4.79 Å². The van der Waals surface area contributed by atoms with Gasteiger partial charge in [-0.25, -0.2) is 4.99 Å². The Labute approximate surface area is 131 Å². The quantitative estimate of drug-likeness (QED) is 0.799. The van der Waals surface area contributed by atoms with Crippen LogP contribution in [0.5, 0.6) is 0 Å². The van der Waals surface area contributed by atoms with Gasteiger partial charge in [0.25, 0.3) is 5.91 Å². The molecule has 3 rings (SSSR count). The van der Waals surface area contributed by atoms with Crippen molar-refractivity contribution in [1.82, 2.24) is 0 Å². The monoisotopic (exact) mass is 289 g/mol. The van der Waals surface area contributed by atoms with Crippen LogP contribution < -0.4 is 0 Å². The van der Waals surface area contributed by atoms with Crippen molar-refractivity contribution >= 4 is 17.2 Å². The highest BCUT2D eigenvalue weighted by molar-refractivity contribution is 6.24. The van der Waals surface area contributed by atoms with Crippen molar-refractivity contribution in [2.75, 3.05) is 0 Å². The lowest BCUT2D eigenvalue weighted by atomic mass is 9.74. The average molecular weight is 289 g/mol. The standard InChI is InChI=1S/C20H19NO/c1-14-17(15-10-6-4-7-11-15)20(2,3)19(22)21-18(14)16-12-8-5-9-13-16/h4-13H,1-3H3. The predicted octanol–water partition coefficient (Wildman–Crippen LogP) is 4.52. The molecule has 0 radical (unpaired) electrons. The van der Waals surface area contributed by atoms with Gasteiger partial charge in [0, 0.05) is 5.56 Å². The maximum atomic E-state index is 12.6. The molecule has 0 fully saturated rings. The van der Waals surface area contributed by atoms with Crippen LogP contribution in [0.4, 0.5) is 0 Å². The van der Waals surface area contributed by atoms with Gasteiger partial charge in [0.15, 0.2) is 0 Å². The van der Waals surface area contributed by atoms with Crippen molar-refractivity contribution in [3.63, 3.8) is 0 Å². The summed E-state index contributed by atoms with van der Waals surface area (Å²) in [5.41, 5.74) is 4.38. The van der Waals surface area contributed by atoms with E-state index in [0.717, 1.165) is 28.0 Å². The van der Waals surface area contributed by atoms with Gasteiger partial charge < -0.3 is 0 Å². The van der Waals surface area contributed by atoms with E-state index in [1.807, 2.05) is 62.4 Å². The largest absolute Gasteiger partial charge is 0.272 e. The van der Waals surface area contributed by atoms with E-state index in [1.54, 1.807) is 0 Å². The number of hydrogen-bond acceptors (Lipinski definition) is 1. The number of hydrogen-bond donors (Lipinski definition) is 0. The van der Waals surface area contributed by atoms with E-state index in [0.29, 0.717) is 0 Å². The van der Waals surface area contributed by atoms with E-state index in [1.165, 1.54) is 0 Å². The maximum Gasteiger partial charge on any atom is 0.256 e. The van der Waals surface area contributed by atoms with Gasteiger partial charge in [-0.05, 0) is 37.5 Å². The molecule has 0 spiro atoms. The Hall–Kier alpha value is -2.48. The first-order valence-electron chi connectivity index (χ1n) is 7.47. The summed E-state index contributed by atoms with van der Waals surface area (Å²) in [6.07, 6.45) is 0. The third-order valence-corrected chi connectivity index (χ3v) is 4.21. The van der Waals surface area contributed by atoms with Crippen LogP contribution in [0.3, 0.4) is 0 Å². The highest BCUT2D eigenvalue weighted by Crippen LogP contribution is 2.42. The summed E-state index contributed by atoms with van der Waals surface area (Å²) in [6, 6.07) is 20.0.